The number of unbranched alkanes of at least 4 members (excludes halogenated alkanes) is 1. The van der Waals surface area contributed by atoms with E-state index in [-0.39, 0.29) is 17.0 Å². The average Bonchev–Trinajstić information content (AvgIpc) is 2.39. The smallest absolute Gasteiger partial charge is 0.471 e. The van der Waals surface area contributed by atoms with Crippen molar-refractivity contribution < 1.29 is 22.7 Å². The molecule has 0 atom stereocenters. The Morgan fingerprint density at radius 1 is 1.45 bits per heavy atom. The maximum atomic E-state index is 12.1. The number of halogens is 3. The summed E-state index contributed by atoms with van der Waals surface area (Å²) in [4.78, 5) is 10.8. The molecule has 0 heterocycles. The van der Waals surface area contributed by atoms with Gasteiger partial charge in [-0.1, -0.05) is 13.3 Å². The van der Waals surface area contributed by atoms with E-state index >= 15 is 0 Å². The minimum Gasteiger partial charge on any atom is -0.492 e. The van der Waals surface area contributed by atoms with Gasteiger partial charge in [-0.2, -0.15) is 18.4 Å². The van der Waals surface area contributed by atoms with E-state index in [1.165, 1.54) is 12.1 Å². The number of nitriles is 1. The number of benzene rings is 1. The highest BCUT2D eigenvalue weighted by molar-refractivity contribution is 5.95. The van der Waals surface area contributed by atoms with E-state index in [1.807, 2.05) is 13.0 Å². The predicted octanol–water partition coefficient (Wildman–Crippen LogP) is 3.24. The third-order valence-electron chi connectivity index (χ3n) is 2.37. The first kappa shape index (κ1) is 15.8. The Hall–Kier alpha value is -2.23. The summed E-state index contributed by atoms with van der Waals surface area (Å²) in [7, 11) is 0. The number of amides is 1. The van der Waals surface area contributed by atoms with Crippen LogP contribution in [-0.4, -0.2) is 18.7 Å². The van der Waals surface area contributed by atoms with Crippen LogP contribution in [0.25, 0.3) is 0 Å². The first-order chi connectivity index (χ1) is 9.38. The number of anilines is 1. The van der Waals surface area contributed by atoms with Gasteiger partial charge >= 0.3 is 12.1 Å². The van der Waals surface area contributed by atoms with Gasteiger partial charge in [-0.3, -0.25) is 4.79 Å². The summed E-state index contributed by atoms with van der Waals surface area (Å²) in [6.45, 7) is 2.39. The molecule has 0 aliphatic rings. The molecule has 0 fully saturated rings. The number of rotatable bonds is 5. The molecule has 4 nitrogen and oxygen atoms in total. The van der Waals surface area contributed by atoms with Crippen molar-refractivity contribution in [3.05, 3.63) is 23.8 Å². The van der Waals surface area contributed by atoms with Crippen molar-refractivity contribution in [1.29, 1.82) is 5.26 Å². The number of nitrogens with zero attached hydrogens (tertiary/aromatic N) is 1. The molecule has 1 amide bonds. The van der Waals surface area contributed by atoms with Crippen molar-refractivity contribution >= 4 is 11.6 Å². The molecule has 0 unspecified atom stereocenters. The van der Waals surface area contributed by atoms with Crippen LogP contribution in [0.1, 0.15) is 25.3 Å². The Morgan fingerprint density at radius 2 is 2.15 bits per heavy atom. The van der Waals surface area contributed by atoms with Crippen LogP contribution >= 0.6 is 0 Å². The Labute approximate surface area is 114 Å². The number of nitrogens with one attached hydrogen (secondary N) is 1. The van der Waals surface area contributed by atoms with Gasteiger partial charge in [0.1, 0.15) is 11.8 Å². The van der Waals surface area contributed by atoms with Gasteiger partial charge in [-0.25, -0.2) is 0 Å². The minimum atomic E-state index is -4.97. The summed E-state index contributed by atoms with van der Waals surface area (Å²) >= 11 is 0. The summed E-state index contributed by atoms with van der Waals surface area (Å²) in [5.41, 5.74) is -0.0344. The van der Waals surface area contributed by atoms with E-state index in [9.17, 15) is 18.0 Å². The van der Waals surface area contributed by atoms with Gasteiger partial charge in [0.2, 0.25) is 0 Å². The number of carbonyl (C=O) groups is 1. The van der Waals surface area contributed by atoms with Crippen molar-refractivity contribution in [2.24, 2.45) is 0 Å². The largest absolute Gasteiger partial charge is 0.492 e. The van der Waals surface area contributed by atoms with Crippen LogP contribution in [0.3, 0.4) is 0 Å². The number of hydrogen-bond donors (Lipinski definition) is 1. The molecule has 7 heteroatoms. The monoisotopic (exact) mass is 286 g/mol. The molecule has 0 saturated heterocycles. The van der Waals surface area contributed by atoms with Gasteiger partial charge in [0.15, 0.2) is 0 Å². The SMILES string of the molecule is CCCCOc1ccc(NC(=O)C(F)(F)F)cc1C#N. The maximum Gasteiger partial charge on any atom is 0.471 e. The molecule has 1 aromatic rings. The Balaban J connectivity index is 2.82. The lowest BCUT2D eigenvalue weighted by Crippen LogP contribution is -2.29. The molecule has 0 radical (unpaired) electrons. The molecule has 0 aliphatic carbocycles. The van der Waals surface area contributed by atoms with Crippen LogP contribution in [0.15, 0.2) is 18.2 Å². The zero-order valence-electron chi connectivity index (χ0n) is 10.8. The summed E-state index contributed by atoms with van der Waals surface area (Å²) < 4.78 is 41.6. The van der Waals surface area contributed by atoms with Gasteiger partial charge < -0.3 is 10.1 Å². The van der Waals surface area contributed by atoms with Crippen LogP contribution in [0.2, 0.25) is 0 Å². The summed E-state index contributed by atoms with van der Waals surface area (Å²) in [5, 5.41) is 10.6. The average molecular weight is 286 g/mol. The standard InChI is InChI=1S/C13H13F3N2O2/c1-2-3-6-20-11-5-4-10(7-9(11)8-17)18-12(19)13(14,15)16/h4-5,7H,2-3,6H2,1H3,(H,18,19). The quantitative estimate of drug-likeness (QED) is 0.845. The molecule has 20 heavy (non-hydrogen) atoms. The lowest BCUT2D eigenvalue weighted by molar-refractivity contribution is -0.167. The highest BCUT2D eigenvalue weighted by Crippen LogP contribution is 2.24. The third kappa shape index (κ3) is 4.46. The molecule has 1 rings (SSSR count). The van der Waals surface area contributed by atoms with Gasteiger partial charge in [0.05, 0.1) is 12.2 Å². The van der Waals surface area contributed by atoms with Crippen LogP contribution in [0.5, 0.6) is 5.75 Å². The van der Waals surface area contributed by atoms with Crippen LogP contribution in [0.4, 0.5) is 18.9 Å². The van der Waals surface area contributed by atoms with Crippen molar-refractivity contribution in [3.8, 4) is 11.8 Å². The second-order valence-corrected chi connectivity index (χ2v) is 3.98. The first-order valence-corrected chi connectivity index (χ1v) is 5.93. The van der Waals surface area contributed by atoms with E-state index in [0.29, 0.717) is 6.61 Å². The van der Waals surface area contributed by atoms with Crippen LogP contribution in [-0.2, 0) is 4.79 Å². The van der Waals surface area contributed by atoms with Gasteiger partial charge in [0, 0.05) is 5.69 Å². The van der Waals surface area contributed by atoms with Crippen molar-refractivity contribution in [2.45, 2.75) is 25.9 Å². The van der Waals surface area contributed by atoms with Crippen molar-refractivity contribution in [1.82, 2.24) is 0 Å². The summed E-state index contributed by atoms with van der Waals surface area (Å²) in [6, 6.07) is 5.58. The van der Waals surface area contributed by atoms with E-state index in [1.54, 1.807) is 5.32 Å². The molecule has 0 spiro atoms. The molecule has 0 aliphatic heterocycles. The Morgan fingerprint density at radius 3 is 2.70 bits per heavy atom. The predicted molar refractivity (Wildman–Crippen MR) is 66.2 cm³/mol. The van der Waals surface area contributed by atoms with Crippen LogP contribution in [0, 0.1) is 11.3 Å². The fraction of sp³-hybridized carbons (Fsp3) is 0.385. The van der Waals surface area contributed by atoms with Crippen molar-refractivity contribution in [2.75, 3.05) is 11.9 Å². The molecular weight excluding hydrogens is 273 g/mol. The normalized spacial score (nSPS) is 10.8. The van der Waals surface area contributed by atoms with Gasteiger partial charge in [-0.05, 0) is 24.6 Å². The number of ether oxygens (including phenoxy) is 1. The van der Waals surface area contributed by atoms with Gasteiger partial charge in [0.25, 0.3) is 0 Å². The number of carbonyl (C=O) groups excluding carboxylic acids is 1. The van der Waals surface area contributed by atoms with E-state index < -0.39 is 12.1 Å². The topological polar surface area (TPSA) is 62.1 Å². The summed E-state index contributed by atoms with van der Waals surface area (Å²) in [6.07, 6.45) is -3.25. The minimum absolute atomic E-state index is 0.0704. The molecule has 108 valence electrons. The maximum absolute atomic E-state index is 12.1. The first-order valence-electron chi connectivity index (χ1n) is 5.93. The zero-order chi connectivity index (χ0) is 15.2. The molecule has 0 saturated carbocycles. The second kappa shape index (κ2) is 6.80. The fourth-order valence-electron chi connectivity index (χ4n) is 1.35. The highest BCUT2D eigenvalue weighted by atomic mass is 19.4. The fourth-order valence-corrected chi connectivity index (χ4v) is 1.35. The van der Waals surface area contributed by atoms with E-state index in [2.05, 4.69) is 0 Å². The van der Waals surface area contributed by atoms with E-state index in [4.69, 9.17) is 10.00 Å². The second-order valence-electron chi connectivity index (χ2n) is 3.98. The van der Waals surface area contributed by atoms with Gasteiger partial charge in [-0.15, -0.1) is 0 Å². The third-order valence-corrected chi connectivity index (χ3v) is 2.37. The van der Waals surface area contributed by atoms with E-state index in [0.717, 1.165) is 18.9 Å². The number of hydrogen-bond acceptors (Lipinski definition) is 3. The summed E-state index contributed by atoms with van der Waals surface area (Å²) in [5.74, 6) is -1.80. The Kier molecular flexibility index (Phi) is 5.38. The Bertz CT molecular complexity index is 521. The van der Waals surface area contributed by atoms with Crippen LogP contribution < -0.4 is 10.1 Å². The molecule has 0 aromatic heterocycles. The molecular formula is C13H13F3N2O2. The molecule has 1 aromatic carbocycles. The molecule has 1 N–H and O–H groups in total. The highest BCUT2D eigenvalue weighted by Gasteiger charge is 2.38. The molecule has 0 bridgehead atoms. The van der Waals surface area contributed by atoms with Crippen molar-refractivity contribution in [3.63, 3.8) is 0 Å². The number of alkyl halides is 3. The zero-order valence-corrected chi connectivity index (χ0v) is 10.8. The lowest BCUT2D eigenvalue weighted by Gasteiger charge is -2.11. The lowest BCUT2D eigenvalue weighted by atomic mass is 10.2.